The fraction of sp³-hybridized carbons (Fsp3) is 0.643. The molecule has 1 fully saturated rings. The van der Waals surface area contributed by atoms with Crippen LogP contribution in [0, 0.1) is 6.92 Å². The average molecular weight is 218 g/mol. The zero-order valence-electron chi connectivity index (χ0n) is 10.2. The summed E-state index contributed by atoms with van der Waals surface area (Å²) in [7, 11) is 0. The standard InChI is InChI=1S/C14H22N2/c1-12-8-13(10-15-9-12)11-16-14-6-4-2-3-5-7-14/h8-10,14,16H,2-7,11H2,1H3. The third kappa shape index (κ3) is 3.60. The van der Waals surface area contributed by atoms with Gasteiger partial charge in [0.25, 0.3) is 0 Å². The molecule has 0 aliphatic heterocycles. The summed E-state index contributed by atoms with van der Waals surface area (Å²) in [5.41, 5.74) is 2.56. The van der Waals surface area contributed by atoms with Crippen molar-refractivity contribution in [1.82, 2.24) is 10.3 Å². The predicted molar refractivity (Wildman–Crippen MR) is 67.3 cm³/mol. The highest BCUT2D eigenvalue weighted by atomic mass is 14.9. The van der Waals surface area contributed by atoms with Crippen molar-refractivity contribution >= 4 is 0 Å². The van der Waals surface area contributed by atoms with Crippen molar-refractivity contribution in [2.75, 3.05) is 0 Å². The lowest BCUT2D eigenvalue weighted by Gasteiger charge is -2.16. The first-order chi connectivity index (χ1) is 7.84. The molecule has 1 aromatic heterocycles. The number of nitrogens with zero attached hydrogens (tertiary/aromatic N) is 1. The van der Waals surface area contributed by atoms with E-state index in [1.807, 2.05) is 12.4 Å². The van der Waals surface area contributed by atoms with E-state index in [4.69, 9.17) is 0 Å². The molecule has 2 nitrogen and oxygen atoms in total. The Morgan fingerprint density at radius 3 is 2.62 bits per heavy atom. The Hall–Kier alpha value is -0.890. The van der Waals surface area contributed by atoms with E-state index in [0.717, 1.165) is 12.6 Å². The Kier molecular flexibility index (Phi) is 4.34. The fourth-order valence-electron chi connectivity index (χ4n) is 2.46. The monoisotopic (exact) mass is 218 g/mol. The zero-order chi connectivity index (χ0) is 11.2. The molecule has 2 heteroatoms. The largest absolute Gasteiger partial charge is 0.310 e. The number of aromatic nitrogens is 1. The van der Waals surface area contributed by atoms with Crippen molar-refractivity contribution in [1.29, 1.82) is 0 Å². The quantitative estimate of drug-likeness (QED) is 0.788. The van der Waals surface area contributed by atoms with Crippen LogP contribution in [0.2, 0.25) is 0 Å². The molecule has 0 atom stereocenters. The van der Waals surface area contributed by atoms with Crippen molar-refractivity contribution in [2.24, 2.45) is 0 Å². The number of aryl methyl sites for hydroxylation is 1. The van der Waals surface area contributed by atoms with Gasteiger partial charge in [0.2, 0.25) is 0 Å². The molecular formula is C14H22N2. The van der Waals surface area contributed by atoms with Crippen molar-refractivity contribution in [3.05, 3.63) is 29.6 Å². The van der Waals surface area contributed by atoms with E-state index in [2.05, 4.69) is 23.3 Å². The van der Waals surface area contributed by atoms with Gasteiger partial charge in [-0.1, -0.05) is 31.7 Å². The summed E-state index contributed by atoms with van der Waals surface area (Å²) < 4.78 is 0. The van der Waals surface area contributed by atoms with Crippen LogP contribution in [-0.2, 0) is 6.54 Å². The molecule has 0 saturated heterocycles. The molecule has 0 amide bonds. The maximum atomic E-state index is 4.23. The van der Waals surface area contributed by atoms with Crippen LogP contribution in [0.1, 0.15) is 49.7 Å². The molecule has 16 heavy (non-hydrogen) atoms. The molecular weight excluding hydrogens is 196 g/mol. The fourth-order valence-corrected chi connectivity index (χ4v) is 2.46. The second-order valence-electron chi connectivity index (χ2n) is 4.94. The van der Waals surface area contributed by atoms with Gasteiger partial charge in [-0.2, -0.15) is 0 Å². The first kappa shape index (κ1) is 11.6. The number of nitrogens with one attached hydrogen (secondary N) is 1. The van der Waals surface area contributed by atoms with Crippen LogP contribution >= 0.6 is 0 Å². The summed E-state index contributed by atoms with van der Waals surface area (Å²) in [6, 6.07) is 2.94. The first-order valence-corrected chi connectivity index (χ1v) is 6.48. The maximum absolute atomic E-state index is 4.23. The van der Waals surface area contributed by atoms with Crippen LogP contribution in [0.25, 0.3) is 0 Å². The van der Waals surface area contributed by atoms with E-state index < -0.39 is 0 Å². The zero-order valence-corrected chi connectivity index (χ0v) is 10.2. The lowest BCUT2D eigenvalue weighted by molar-refractivity contribution is 0.459. The molecule has 1 saturated carbocycles. The van der Waals surface area contributed by atoms with Gasteiger partial charge < -0.3 is 5.32 Å². The van der Waals surface area contributed by atoms with Gasteiger partial charge in [-0.15, -0.1) is 0 Å². The minimum atomic E-state index is 0.725. The Bertz CT molecular complexity index is 314. The molecule has 0 aromatic carbocycles. The molecule has 2 rings (SSSR count). The number of hydrogen-bond donors (Lipinski definition) is 1. The van der Waals surface area contributed by atoms with Crippen LogP contribution in [0.15, 0.2) is 18.5 Å². The topological polar surface area (TPSA) is 24.9 Å². The van der Waals surface area contributed by atoms with E-state index >= 15 is 0 Å². The van der Waals surface area contributed by atoms with E-state index in [-0.39, 0.29) is 0 Å². The highest BCUT2D eigenvalue weighted by Gasteiger charge is 2.11. The minimum absolute atomic E-state index is 0.725. The third-order valence-corrected chi connectivity index (χ3v) is 3.38. The van der Waals surface area contributed by atoms with Crippen molar-refractivity contribution in [3.63, 3.8) is 0 Å². The van der Waals surface area contributed by atoms with Crippen LogP contribution in [0.3, 0.4) is 0 Å². The Morgan fingerprint density at radius 1 is 1.19 bits per heavy atom. The summed E-state index contributed by atoms with van der Waals surface area (Å²) in [5, 5.41) is 3.67. The Balaban J connectivity index is 1.81. The van der Waals surface area contributed by atoms with Gasteiger partial charge in [0.1, 0.15) is 0 Å². The molecule has 0 bridgehead atoms. The van der Waals surface area contributed by atoms with E-state index in [9.17, 15) is 0 Å². The molecule has 88 valence electrons. The van der Waals surface area contributed by atoms with Gasteiger partial charge in [0.05, 0.1) is 0 Å². The second-order valence-corrected chi connectivity index (χ2v) is 4.94. The molecule has 0 unspecified atom stereocenters. The van der Waals surface area contributed by atoms with Crippen molar-refractivity contribution < 1.29 is 0 Å². The summed E-state index contributed by atoms with van der Waals surface area (Å²) in [5.74, 6) is 0. The van der Waals surface area contributed by atoms with Gasteiger partial charge in [0, 0.05) is 25.0 Å². The van der Waals surface area contributed by atoms with Crippen LogP contribution in [-0.4, -0.2) is 11.0 Å². The predicted octanol–water partition coefficient (Wildman–Crippen LogP) is 3.20. The Morgan fingerprint density at radius 2 is 1.94 bits per heavy atom. The minimum Gasteiger partial charge on any atom is -0.310 e. The summed E-state index contributed by atoms with van der Waals surface area (Å²) in [6.45, 7) is 3.07. The first-order valence-electron chi connectivity index (χ1n) is 6.48. The second kappa shape index (κ2) is 6.00. The normalized spacial score (nSPS) is 18.3. The summed E-state index contributed by atoms with van der Waals surface area (Å²) in [6.07, 6.45) is 12.2. The van der Waals surface area contributed by atoms with E-state index in [0.29, 0.717) is 0 Å². The molecule has 1 aliphatic rings. The molecule has 0 spiro atoms. The molecule has 1 N–H and O–H groups in total. The van der Waals surface area contributed by atoms with Gasteiger partial charge in [-0.3, -0.25) is 4.98 Å². The molecule has 1 aliphatic carbocycles. The van der Waals surface area contributed by atoms with E-state index in [1.165, 1.54) is 49.7 Å². The smallest absolute Gasteiger partial charge is 0.0313 e. The van der Waals surface area contributed by atoms with Crippen LogP contribution in [0.4, 0.5) is 0 Å². The molecule has 0 radical (unpaired) electrons. The van der Waals surface area contributed by atoms with Crippen LogP contribution < -0.4 is 5.32 Å². The molecule has 1 heterocycles. The van der Waals surface area contributed by atoms with E-state index in [1.54, 1.807) is 0 Å². The van der Waals surface area contributed by atoms with Crippen molar-refractivity contribution in [3.8, 4) is 0 Å². The van der Waals surface area contributed by atoms with Gasteiger partial charge >= 0.3 is 0 Å². The number of rotatable bonds is 3. The SMILES string of the molecule is Cc1cncc(CNC2CCCCCC2)c1. The lowest BCUT2D eigenvalue weighted by atomic mass is 10.1. The highest BCUT2D eigenvalue weighted by Crippen LogP contribution is 2.17. The Labute approximate surface area is 98.5 Å². The maximum Gasteiger partial charge on any atom is 0.0313 e. The number of pyridine rings is 1. The molecule has 1 aromatic rings. The van der Waals surface area contributed by atoms with Gasteiger partial charge in [-0.05, 0) is 30.9 Å². The van der Waals surface area contributed by atoms with Crippen LogP contribution in [0.5, 0.6) is 0 Å². The van der Waals surface area contributed by atoms with Crippen molar-refractivity contribution in [2.45, 2.75) is 58.0 Å². The summed E-state index contributed by atoms with van der Waals surface area (Å²) in [4.78, 5) is 4.23. The highest BCUT2D eigenvalue weighted by molar-refractivity contribution is 5.16. The third-order valence-electron chi connectivity index (χ3n) is 3.38. The average Bonchev–Trinajstić information content (AvgIpc) is 2.55. The number of hydrogen-bond acceptors (Lipinski definition) is 2. The summed E-state index contributed by atoms with van der Waals surface area (Å²) >= 11 is 0. The van der Waals surface area contributed by atoms with Gasteiger partial charge in [0.15, 0.2) is 0 Å². The van der Waals surface area contributed by atoms with Gasteiger partial charge in [-0.25, -0.2) is 0 Å². The lowest BCUT2D eigenvalue weighted by Crippen LogP contribution is -2.27.